The van der Waals surface area contributed by atoms with Gasteiger partial charge in [0.05, 0.1) is 0 Å². The van der Waals surface area contributed by atoms with Gasteiger partial charge in [0.25, 0.3) is 0 Å². The van der Waals surface area contributed by atoms with E-state index in [4.69, 9.17) is 11.6 Å². The van der Waals surface area contributed by atoms with Crippen LogP contribution in [0.1, 0.15) is 12.5 Å². The fraction of sp³-hybridized carbons (Fsp3) is 0.500. The molecule has 0 aromatic heterocycles. The Hall–Kier alpha value is 0.200. The minimum Gasteiger partial charge on any atom is -0.312 e. The third-order valence-corrected chi connectivity index (χ3v) is 3.72. The number of halogens is 3. The van der Waals surface area contributed by atoms with E-state index in [1.165, 1.54) is 5.56 Å². The van der Waals surface area contributed by atoms with Crippen molar-refractivity contribution in [2.24, 2.45) is 0 Å². The number of piperazine rings is 1. The van der Waals surface area contributed by atoms with Crippen molar-refractivity contribution >= 4 is 39.9 Å². The van der Waals surface area contributed by atoms with Gasteiger partial charge in [-0.05, 0) is 30.7 Å². The van der Waals surface area contributed by atoms with Crippen LogP contribution in [0, 0.1) is 0 Å². The molecule has 1 unspecified atom stereocenters. The molecule has 17 heavy (non-hydrogen) atoms. The fourth-order valence-electron chi connectivity index (χ4n) is 2.06. The van der Waals surface area contributed by atoms with E-state index in [1.54, 1.807) is 0 Å². The van der Waals surface area contributed by atoms with Crippen LogP contribution in [0.4, 0.5) is 0 Å². The van der Waals surface area contributed by atoms with Gasteiger partial charge in [0.2, 0.25) is 0 Å². The molecule has 1 N–H and O–H groups in total. The van der Waals surface area contributed by atoms with Crippen molar-refractivity contribution in [3.8, 4) is 0 Å². The minimum absolute atomic E-state index is 0. The molecule has 96 valence electrons. The van der Waals surface area contributed by atoms with Crippen molar-refractivity contribution in [2.75, 3.05) is 19.6 Å². The second-order valence-electron chi connectivity index (χ2n) is 4.33. The Balaban J connectivity index is 0.00000144. The van der Waals surface area contributed by atoms with Gasteiger partial charge < -0.3 is 5.32 Å². The molecule has 0 radical (unpaired) electrons. The number of hydrogen-bond donors (Lipinski definition) is 1. The average molecular weight is 340 g/mol. The molecule has 1 aromatic rings. The molecule has 1 heterocycles. The molecule has 0 saturated carbocycles. The first-order chi connectivity index (χ1) is 7.65. The summed E-state index contributed by atoms with van der Waals surface area (Å²) in [5, 5.41) is 4.30. The van der Waals surface area contributed by atoms with Crippen LogP contribution in [0.25, 0.3) is 0 Å². The third-order valence-electron chi connectivity index (χ3n) is 2.85. The number of nitrogens with one attached hydrogen (secondary N) is 1. The van der Waals surface area contributed by atoms with Crippen molar-refractivity contribution in [3.63, 3.8) is 0 Å². The summed E-state index contributed by atoms with van der Waals surface area (Å²) >= 11 is 9.67. The first kappa shape index (κ1) is 15.3. The van der Waals surface area contributed by atoms with Crippen LogP contribution < -0.4 is 5.32 Å². The summed E-state index contributed by atoms with van der Waals surface area (Å²) < 4.78 is 1.09. The van der Waals surface area contributed by atoms with Crippen LogP contribution >= 0.6 is 39.9 Å². The monoisotopic (exact) mass is 338 g/mol. The topological polar surface area (TPSA) is 15.3 Å². The van der Waals surface area contributed by atoms with E-state index < -0.39 is 0 Å². The highest BCUT2D eigenvalue weighted by Crippen LogP contribution is 2.22. The van der Waals surface area contributed by atoms with Gasteiger partial charge in [-0.2, -0.15) is 0 Å². The summed E-state index contributed by atoms with van der Waals surface area (Å²) in [5.74, 6) is 0. The largest absolute Gasteiger partial charge is 0.312 e. The zero-order chi connectivity index (χ0) is 11.5. The highest BCUT2D eigenvalue weighted by molar-refractivity contribution is 9.10. The van der Waals surface area contributed by atoms with Gasteiger partial charge in [-0.25, -0.2) is 0 Å². The van der Waals surface area contributed by atoms with Crippen molar-refractivity contribution in [2.45, 2.75) is 19.5 Å². The van der Waals surface area contributed by atoms with Crippen molar-refractivity contribution in [1.29, 1.82) is 0 Å². The number of rotatable bonds is 2. The predicted molar refractivity (Wildman–Crippen MR) is 79.1 cm³/mol. The Morgan fingerprint density at radius 1 is 1.53 bits per heavy atom. The molecule has 2 rings (SSSR count). The summed E-state index contributed by atoms with van der Waals surface area (Å²) in [6.07, 6.45) is 0. The average Bonchev–Trinajstić information content (AvgIpc) is 2.24. The Kier molecular flexibility index (Phi) is 6.24. The number of hydrogen-bond acceptors (Lipinski definition) is 2. The van der Waals surface area contributed by atoms with Crippen LogP contribution in [0.2, 0.25) is 5.02 Å². The lowest BCUT2D eigenvalue weighted by Crippen LogP contribution is -2.48. The van der Waals surface area contributed by atoms with E-state index in [0.29, 0.717) is 6.04 Å². The lowest BCUT2D eigenvalue weighted by molar-refractivity contribution is 0.199. The fourth-order valence-corrected chi connectivity index (χ4v) is 2.65. The quantitative estimate of drug-likeness (QED) is 0.889. The molecule has 0 bridgehead atoms. The summed E-state index contributed by atoms with van der Waals surface area (Å²) in [6.45, 7) is 6.39. The second-order valence-corrected chi connectivity index (χ2v) is 5.65. The van der Waals surface area contributed by atoms with Gasteiger partial charge in [0.15, 0.2) is 0 Å². The van der Waals surface area contributed by atoms with E-state index in [-0.39, 0.29) is 12.4 Å². The smallest absolute Gasteiger partial charge is 0.0451 e. The van der Waals surface area contributed by atoms with E-state index in [2.05, 4.69) is 39.1 Å². The maximum Gasteiger partial charge on any atom is 0.0451 e. The Morgan fingerprint density at radius 3 is 3.00 bits per heavy atom. The highest BCUT2D eigenvalue weighted by atomic mass is 79.9. The molecule has 1 aromatic carbocycles. The molecule has 1 atom stereocenters. The zero-order valence-corrected chi connectivity index (χ0v) is 12.9. The molecule has 0 amide bonds. The molecule has 1 fully saturated rings. The second kappa shape index (κ2) is 6.95. The molecule has 1 aliphatic heterocycles. The van der Waals surface area contributed by atoms with Gasteiger partial charge in [0.1, 0.15) is 0 Å². The van der Waals surface area contributed by atoms with Gasteiger partial charge in [-0.3, -0.25) is 4.90 Å². The van der Waals surface area contributed by atoms with Crippen LogP contribution in [-0.2, 0) is 6.54 Å². The third kappa shape index (κ3) is 4.42. The Labute approximate surface area is 122 Å². The summed E-state index contributed by atoms with van der Waals surface area (Å²) in [6, 6.07) is 6.60. The van der Waals surface area contributed by atoms with Crippen LogP contribution in [0.5, 0.6) is 0 Å². The van der Waals surface area contributed by atoms with Crippen LogP contribution in [0.3, 0.4) is 0 Å². The molecule has 5 heteroatoms. The predicted octanol–water partition coefficient (Wildman–Crippen LogP) is 3.32. The van der Waals surface area contributed by atoms with Crippen molar-refractivity contribution < 1.29 is 0 Å². The maximum absolute atomic E-state index is 6.19. The molecule has 0 spiro atoms. The van der Waals surface area contributed by atoms with Gasteiger partial charge in [-0.1, -0.05) is 27.5 Å². The molecule has 2 nitrogen and oxygen atoms in total. The first-order valence-electron chi connectivity index (χ1n) is 5.55. The maximum atomic E-state index is 6.19. The first-order valence-corrected chi connectivity index (χ1v) is 6.72. The van der Waals surface area contributed by atoms with E-state index in [9.17, 15) is 0 Å². The number of benzene rings is 1. The van der Waals surface area contributed by atoms with Crippen LogP contribution in [-0.4, -0.2) is 30.6 Å². The summed E-state index contributed by atoms with van der Waals surface area (Å²) in [7, 11) is 0. The molecular weight excluding hydrogens is 323 g/mol. The zero-order valence-electron chi connectivity index (χ0n) is 9.75. The lowest BCUT2D eigenvalue weighted by Gasteiger charge is -2.32. The van der Waals surface area contributed by atoms with Gasteiger partial charge in [0, 0.05) is 41.7 Å². The molecule has 1 aliphatic rings. The van der Waals surface area contributed by atoms with Gasteiger partial charge >= 0.3 is 0 Å². The number of nitrogens with zero attached hydrogens (tertiary/aromatic N) is 1. The van der Waals surface area contributed by atoms with E-state index >= 15 is 0 Å². The van der Waals surface area contributed by atoms with Crippen LogP contribution in [0.15, 0.2) is 22.7 Å². The van der Waals surface area contributed by atoms with Gasteiger partial charge in [-0.15, -0.1) is 12.4 Å². The Bertz CT molecular complexity index is 374. The normalized spacial score (nSPS) is 21.0. The van der Waals surface area contributed by atoms with Crippen molar-refractivity contribution in [1.82, 2.24) is 10.2 Å². The van der Waals surface area contributed by atoms with E-state index in [1.807, 2.05) is 12.1 Å². The SMILES string of the molecule is CC1CN(Cc2cc(Br)ccc2Cl)CCN1.Cl. The lowest BCUT2D eigenvalue weighted by atomic mass is 10.1. The highest BCUT2D eigenvalue weighted by Gasteiger charge is 2.16. The molecule has 1 saturated heterocycles. The molecule has 0 aliphatic carbocycles. The van der Waals surface area contributed by atoms with E-state index in [0.717, 1.165) is 35.7 Å². The standard InChI is InChI=1S/C12H16BrClN2.ClH/c1-9-7-16(5-4-15-9)8-10-6-11(13)2-3-12(10)14;/h2-3,6,9,15H,4-5,7-8H2,1H3;1H. The summed E-state index contributed by atoms with van der Waals surface area (Å²) in [4.78, 5) is 2.44. The Morgan fingerprint density at radius 2 is 2.29 bits per heavy atom. The summed E-state index contributed by atoms with van der Waals surface area (Å²) in [5.41, 5.74) is 1.20. The molecular formula is C12H17BrCl2N2. The van der Waals surface area contributed by atoms with Crippen molar-refractivity contribution in [3.05, 3.63) is 33.3 Å². The minimum atomic E-state index is 0.